The molecule has 0 atom stereocenters. The second kappa shape index (κ2) is 10.1. The second-order valence-corrected chi connectivity index (χ2v) is 10.1. The molecule has 3 aromatic rings. The van der Waals surface area contributed by atoms with Crippen molar-refractivity contribution in [3.8, 4) is 11.3 Å². The molecule has 6 heterocycles. The fourth-order valence-corrected chi connectivity index (χ4v) is 5.78. The van der Waals surface area contributed by atoms with Gasteiger partial charge in [0.25, 0.3) is 5.91 Å². The predicted molar refractivity (Wildman–Crippen MR) is 141 cm³/mol. The molecule has 12 nitrogen and oxygen atoms in total. The quantitative estimate of drug-likeness (QED) is 0.520. The van der Waals surface area contributed by atoms with E-state index in [1.165, 1.54) is 11.3 Å². The maximum Gasteiger partial charge on any atom is 0.273 e. The van der Waals surface area contributed by atoms with E-state index in [0.717, 1.165) is 80.0 Å². The standard InChI is InChI=1S/C24H30N10O2S/c1-2-31-5-7-32(8-6-31)21(35)18-15-37-24(28-18)34-4-3-17-19(16-13-26-22(25)27-14-16)29-23(30-20(17)34)33-9-11-36-12-10-33/h13-15H,2-12H2,1H3,(H2,25,26,27). The summed E-state index contributed by atoms with van der Waals surface area (Å²) < 4.78 is 5.53. The molecule has 0 spiro atoms. The Labute approximate surface area is 219 Å². The predicted octanol–water partition coefficient (Wildman–Crippen LogP) is 1.28. The van der Waals surface area contributed by atoms with Crippen LogP contribution in [0.3, 0.4) is 0 Å². The monoisotopic (exact) mass is 522 g/mol. The van der Waals surface area contributed by atoms with Gasteiger partial charge in [-0.2, -0.15) is 4.98 Å². The third-order valence-electron chi connectivity index (χ3n) is 7.10. The molecule has 0 unspecified atom stereocenters. The van der Waals surface area contributed by atoms with Crippen molar-refractivity contribution in [3.63, 3.8) is 0 Å². The van der Waals surface area contributed by atoms with Gasteiger partial charge in [-0.05, 0) is 13.0 Å². The van der Waals surface area contributed by atoms with E-state index in [-0.39, 0.29) is 11.9 Å². The summed E-state index contributed by atoms with van der Waals surface area (Å²) in [5.74, 6) is 1.67. The summed E-state index contributed by atoms with van der Waals surface area (Å²) in [5, 5.41) is 2.63. The molecule has 194 valence electrons. The molecule has 2 N–H and O–H groups in total. The number of fused-ring (bicyclic) bond motifs is 1. The van der Waals surface area contributed by atoms with Gasteiger partial charge in [0.2, 0.25) is 11.9 Å². The van der Waals surface area contributed by atoms with Crippen molar-refractivity contribution in [2.75, 3.05) is 81.1 Å². The topological polar surface area (TPSA) is 130 Å². The molecular formula is C24H30N10O2S. The molecule has 2 saturated heterocycles. The molecule has 13 heteroatoms. The molecule has 1 amide bonds. The first-order valence-electron chi connectivity index (χ1n) is 12.7. The van der Waals surface area contributed by atoms with Gasteiger partial charge in [-0.1, -0.05) is 6.92 Å². The van der Waals surface area contributed by atoms with E-state index in [1.54, 1.807) is 12.4 Å². The van der Waals surface area contributed by atoms with Crippen LogP contribution < -0.4 is 15.5 Å². The molecule has 3 aliphatic rings. The number of ether oxygens (including phenoxy) is 1. The van der Waals surface area contributed by atoms with Crippen molar-refractivity contribution in [1.29, 1.82) is 0 Å². The highest BCUT2D eigenvalue weighted by molar-refractivity contribution is 7.14. The number of nitrogen functional groups attached to an aromatic ring is 1. The number of morpholine rings is 1. The van der Waals surface area contributed by atoms with Crippen LogP contribution in [0.25, 0.3) is 11.3 Å². The zero-order valence-electron chi connectivity index (χ0n) is 20.8. The maximum atomic E-state index is 13.2. The van der Waals surface area contributed by atoms with Gasteiger partial charge < -0.3 is 30.1 Å². The lowest BCUT2D eigenvalue weighted by Gasteiger charge is -2.33. The number of thiazole rings is 1. The van der Waals surface area contributed by atoms with Gasteiger partial charge in [-0.15, -0.1) is 11.3 Å². The Morgan fingerprint density at radius 1 is 1.03 bits per heavy atom. The van der Waals surface area contributed by atoms with E-state index < -0.39 is 0 Å². The zero-order chi connectivity index (χ0) is 25.4. The Bertz CT molecular complexity index is 1270. The molecular weight excluding hydrogens is 492 g/mol. The number of aromatic nitrogens is 5. The Balaban J connectivity index is 1.32. The number of likely N-dealkylation sites (N-methyl/N-ethyl adjacent to an activating group) is 1. The molecule has 0 saturated carbocycles. The maximum absolute atomic E-state index is 13.2. The van der Waals surface area contributed by atoms with Gasteiger partial charge in [-0.3, -0.25) is 4.79 Å². The van der Waals surface area contributed by atoms with Crippen molar-refractivity contribution in [3.05, 3.63) is 29.0 Å². The van der Waals surface area contributed by atoms with E-state index in [1.807, 2.05) is 10.3 Å². The highest BCUT2D eigenvalue weighted by atomic mass is 32.1. The number of anilines is 4. The smallest absolute Gasteiger partial charge is 0.273 e. The van der Waals surface area contributed by atoms with E-state index in [4.69, 9.17) is 25.4 Å². The number of nitrogens with two attached hydrogens (primary N) is 1. The van der Waals surface area contributed by atoms with Crippen molar-refractivity contribution < 1.29 is 9.53 Å². The molecule has 37 heavy (non-hydrogen) atoms. The van der Waals surface area contributed by atoms with Gasteiger partial charge in [0, 0.05) is 74.7 Å². The van der Waals surface area contributed by atoms with E-state index in [0.29, 0.717) is 31.4 Å². The lowest BCUT2D eigenvalue weighted by Crippen LogP contribution is -2.48. The van der Waals surface area contributed by atoms with Crippen molar-refractivity contribution in [1.82, 2.24) is 34.7 Å². The Hall–Kier alpha value is -3.42. The van der Waals surface area contributed by atoms with Crippen LogP contribution in [-0.2, 0) is 11.2 Å². The van der Waals surface area contributed by atoms with Gasteiger partial charge in [0.05, 0.1) is 18.9 Å². The number of amides is 1. The lowest BCUT2D eigenvalue weighted by molar-refractivity contribution is 0.0638. The molecule has 3 aromatic heterocycles. The van der Waals surface area contributed by atoms with Gasteiger partial charge in [0.1, 0.15) is 11.5 Å². The third-order valence-corrected chi connectivity index (χ3v) is 7.97. The first kappa shape index (κ1) is 23.9. The fourth-order valence-electron chi connectivity index (χ4n) is 4.95. The Morgan fingerprint density at radius 2 is 1.78 bits per heavy atom. The minimum atomic E-state index is -0.00548. The van der Waals surface area contributed by atoms with Crippen LogP contribution >= 0.6 is 11.3 Å². The number of hydrogen-bond donors (Lipinski definition) is 1. The average Bonchev–Trinajstić information content (AvgIpc) is 3.61. The molecule has 0 aliphatic carbocycles. The second-order valence-electron chi connectivity index (χ2n) is 9.25. The Morgan fingerprint density at radius 3 is 2.51 bits per heavy atom. The van der Waals surface area contributed by atoms with Crippen LogP contribution in [0.15, 0.2) is 17.8 Å². The summed E-state index contributed by atoms with van der Waals surface area (Å²) in [6, 6.07) is 0. The Kier molecular flexibility index (Phi) is 6.57. The summed E-state index contributed by atoms with van der Waals surface area (Å²) in [4.78, 5) is 44.7. The van der Waals surface area contributed by atoms with Gasteiger partial charge in [0.15, 0.2) is 5.13 Å². The van der Waals surface area contributed by atoms with Crippen molar-refractivity contribution in [2.45, 2.75) is 13.3 Å². The van der Waals surface area contributed by atoms with E-state index >= 15 is 0 Å². The normalized spacial score (nSPS) is 18.4. The number of rotatable bonds is 5. The zero-order valence-corrected chi connectivity index (χ0v) is 21.7. The van der Waals surface area contributed by atoms with E-state index in [2.05, 4.69) is 31.6 Å². The summed E-state index contributed by atoms with van der Waals surface area (Å²) in [6.45, 7) is 9.84. The molecule has 0 radical (unpaired) electrons. The summed E-state index contributed by atoms with van der Waals surface area (Å²) in [7, 11) is 0. The summed E-state index contributed by atoms with van der Waals surface area (Å²) in [6.07, 6.45) is 4.16. The lowest BCUT2D eigenvalue weighted by atomic mass is 10.1. The number of carbonyl (C=O) groups excluding carboxylic acids is 1. The van der Waals surface area contributed by atoms with Crippen LogP contribution in [0.1, 0.15) is 23.0 Å². The number of hydrogen-bond acceptors (Lipinski definition) is 12. The largest absolute Gasteiger partial charge is 0.378 e. The molecule has 0 aromatic carbocycles. The fraction of sp³-hybridized carbons (Fsp3) is 0.500. The SMILES string of the molecule is CCN1CCN(C(=O)c2csc(N3CCc4c(-c5cnc(N)nc5)nc(N5CCOCC5)nc43)n2)CC1. The minimum Gasteiger partial charge on any atom is -0.378 e. The number of nitrogens with zero attached hydrogens (tertiary/aromatic N) is 9. The average molecular weight is 523 g/mol. The van der Waals surface area contributed by atoms with Crippen molar-refractivity contribution in [2.24, 2.45) is 0 Å². The molecule has 3 aliphatic heterocycles. The molecule has 2 fully saturated rings. The van der Waals surface area contributed by atoms with Crippen LogP contribution in [0, 0.1) is 0 Å². The first-order valence-corrected chi connectivity index (χ1v) is 13.5. The first-order chi connectivity index (χ1) is 18.1. The summed E-state index contributed by atoms with van der Waals surface area (Å²) >= 11 is 1.47. The molecule has 0 bridgehead atoms. The van der Waals surface area contributed by atoms with Crippen LogP contribution in [-0.4, -0.2) is 106 Å². The number of piperazine rings is 1. The van der Waals surface area contributed by atoms with Crippen LogP contribution in [0.5, 0.6) is 0 Å². The highest BCUT2D eigenvalue weighted by Crippen LogP contribution is 2.40. The number of carbonyl (C=O) groups is 1. The van der Waals surface area contributed by atoms with Gasteiger partial charge in [-0.25, -0.2) is 19.9 Å². The van der Waals surface area contributed by atoms with Crippen LogP contribution in [0.4, 0.5) is 22.8 Å². The van der Waals surface area contributed by atoms with Crippen molar-refractivity contribution >= 4 is 40.1 Å². The van der Waals surface area contributed by atoms with Gasteiger partial charge >= 0.3 is 0 Å². The van der Waals surface area contributed by atoms with E-state index in [9.17, 15) is 4.79 Å². The van der Waals surface area contributed by atoms with Crippen LogP contribution in [0.2, 0.25) is 0 Å². The highest BCUT2D eigenvalue weighted by Gasteiger charge is 2.32. The third kappa shape index (κ3) is 4.69. The molecule has 6 rings (SSSR count). The minimum absolute atomic E-state index is 0.00548. The summed E-state index contributed by atoms with van der Waals surface area (Å²) in [5.41, 5.74) is 8.84.